The molecule has 0 bridgehead atoms. The molecule has 0 aliphatic carbocycles. The molecule has 1 aliphatic rings. The third kappa shape index (κ3) is 5.25. The highest BCUT2D eigenvalue weighted by Gasteiger charge is 2.24. The van der Waals surface area contributed by atoms with Gasteiger partial charge in [0.2, 0.25) is 5.91 Å². The van der Waals surface area contributed by atoms with E-state index in [9.17, 15) is 4.79 Å². The molecule has 1 saturated heterocycles. The number of benzene rings is 2. The maximum atomic E-state index is 12.1. The Hall–Kier alpha value is -3.19. The Bertz CT molecular complexity index is 1130. The molecule has 1 atom stereocenters. The van der Waals surface area contributed by atoms with Crippen molar-refractivity contribution in [3.63, 3.8) is 0 Å². The van der Waals surface area contributed by atoms with Crippen LogP contribution in [-0.4, -0.2) is 47.6 Å². The fourth-order valence-electron chi connectivity index (χ4n) is 4.68. The molecule has 3 N–H and O–H groups in total. The van der Waals surface area contributed by atoms with E-state index in [0.717, 1.165) is 65.3 Å². The second kappa shape index (κ2) is 9.75. The minimum absolute atomic E-state index is 0.0448. The molecule has 174 valence electrons. The van der Waals surface area contributed by atoms with Gasteiger partial charge in [-0.25, -0.2) is 9.97 Å². The predicted octanol–water partition coefficient (Wildman–Crippen LogP) is 4.35. The van der Waals surface area contributed by atoms with Crippen molar-refractivity contribution in [1.82, 2.24) is 14.9 Å². The molecule has 3 aromatic rings. The van der Waals surface area contributed by atoms with E-state index in [1.54, 1.807) is 7.11 Å². The number of aryl methyl sites for hydroxylation is 2. The summed E-state index contributed by atoms with van der Waals surface area (Å²) in [5.41, 5.74) is 11.3. The van der Waals surface area contributed by atoms with Gasteiger partial charge in [0.1, 0.15) is 18.2 Å². The predicted molar refractivity (Wildman–Crippen MR) is 132 cm³/mol. The highest BCUT2D eigenvalue weighted by molar-refractivity contribution is 5.90. The lowest BCUT2D eigenvalue weighted by atomic mass is 9.88. The number of anilines is 2. The number of methoxy groups -OCH3 is 1. The molecule has 2 heterocycles. The summed E-state index contributed by atoms with van der Waals surface area (Å²) in [4.78, 5) is 23.4. The van der Waals surface area contributed by atoms with Gasteiger partial charge in [0.05, 0.1) is 11.6 Å². The SMILES string of the molecule is COCC(=O)N1CCC(c2ccc3nc(C)nc(N[C@H](C)c4cc(C)cc(N)c4)c3c2)CC1. The molecule has 1 aliphatic heterocycles. The number of nitrogens with two attached hydrogens (primary N) is 1. The van der Waals surface area contributed by atoms with E-state index in [1.807, 2.05) is 24.0 Å². The van der Waals surface area contributed by atoms with Crippen LogP contribution in [0.1, 0.15) is 54.2 Å². The molecule has 33 heavy (non-hydrogen) atoms. The monoisotopic (exact) mass is 447 g/mol. The summed E-state index contributed by atoms with van der Waals surface area (Å²) in [5, 5.41) is 4.61. The van der Waals surface area contributed by atoms with Gasteiger partial charge in [-0.3, -0.25) is 4.79 Å². The smallest absolute Gasteiger partial charge is 0.248 e. The third-order valence-corrected chi connectivity index (χ3v) is 6.39. The minimum Gasteiger partial charge on any atom is -0.399 e. The van der Waals surface area contributed by atoms with Crippen molar-refractivity contribution in [2.45, 2.75) is 45.6 Å². The number of likely N-dealkylation sites (tertiary alicyclic amines) is 1. The first-order valence-electron chi connectivity index (χ1n) is 11.5. The molecule has 4 rings (SSSR count). The van der Waals surface area contributed by atoms with Crippen molar-refractivity contribution in [1.29, 1.82) is 0 Å². The van der Waals surface area contributed by atoms with Gasteiger partial charge in [-0.2, -0.15) is 0 Å². The quantitative estimate of drug-likeness (QED) is 0.546. The Labute approximate surface area is 195 Å². The summed E-state index contributed by atoms with van der Waals surface area (Å²) in [7, 11) is 1.56. The van der Waals surface area contributed by atoms with Gasteiger partial charge in [0.15, 0.2) is 0 Å². The second-order valence-electron chi connectivity index (χ2n) is 9.03. The minimum atomic E-state index is 0.0448. The summed E-state index contributed by atoms with van der Waals surface area (Å²) in [6.07, 6.45) is 1.88. The van der Waals surface area contributed by atoms with E-state index in [2.05, 4.69) is 48.4 Å². The highest BCUT2D eigenvalue weighted by atomic mass is 16.5. The molecule has 1 fully saturated rings. The van der Waals surface area contributed by atoms with Crippen LogP contribution in [0.3, 0.4) is 0 Å². The zero-order valence-electron chi connectivity index (χ0n) is 19.9. The van der Waals surface area contributed by atoms with Crippen LogP contribution in [0.5, 0.6) is 0 Å². The molecule has 1 amide bonds. The molecule has 7 heteroatoms. The van der Waals surface area contributed by atoms with Crippen LogP contribution in [0.2, 0.25) is 0 Å². The largest absolute Gasteiger partial charge is 0.399 e. The van der Waals surface area contributed by atoms with Crippen LogP contribution >= 0.6 is 0 Å². The Balaban J connectivity index is 1.58. The van der Waals surface area contributed by atoms with Gasteiger partial charge in [-0.05, 0) is 80.5 Å². The number of carbonyl (C=O) groups excluding carboxylic acids is 1. The van der Waals surface area contributed by atoms with Crippen molar-refractivity contribution < 1.29 is 9.53 Å². The van der Waals surface area contributed by atoms with E-state index < -0.39 is 0 Å². The van der Waals surface area contributed by atoms with Crippen LogP contribution in [0.4, 0.5) is 11.5 Å². The molecule has 1 aromatic heterocycles. The number of nitrogens with zero attached hydrogens (tertiary/aromatic N) is 3. The second-order valence-corrected chi connectivity index (χ2v) is 9.03. The number of rotatable bonds is 6. The Kier molecular flexibility index (Phi) is 6.79. The molecule has 0 radical (unpaired) electrons. The summed E-state index contributed by atoms with van der Waals surface area (Å²) < 4.78 is 5.00. The van der Waals surface area contributed by atoms with Crippen LogP contribution in [0.15, 0.2) is 36.4 Å². The molecular weight excluding hydrogens is 414 g/mol. The van der Waals surface area contributed by atoms with Gasteiger partial charge < -0.3 is 20.7 Å². The van der Waals surface area contributed by atoms with Gasteiger partial charge in [0.25, 0.3) is 0 Å². The molecule has 0 spiro atoms. The molecule has 0 unspecified atom stereocenters. The summed E-state index contributed by atoms with van der Waals surface area (Å²) in [5.74, 6) is 2.04. The third-order valence-electron chi connectivity index (χ3n) is 6.39. The normalized spacial score (nSPS) is 15.6. The molecule has 0 saturated carbocycles. The van der Waals surface area contributed by atoms with Gasteiger partial charge >= 0.3 is 0 Å². The fraction of sp³-hybridized carbons (Fsp3) is 0.423. The first-order valence-corrected chi connectivity index (χ1v) is 11.5. The number of hydrogen-bond donors (Lipinski definition) is 2. The Morgan fingerprint density at radius 1 is 1.18 bits per heavy atom. The van der Waals surface area contributed by atoms with Gasteiger partial charge in [0, 0.05) is 31.3 Å². The van der Waals surface area contributed by atoms with Crippen molar-refractivity contribution in [3.8, 4) is 0 Å². The number of piperidine rings is 1. The van der Waals surface area contributed by atoms with E-state index >= 15 is 0 Å². The first-order chi connectivity index (χ1) is 15.8. The van der Waals surface area contributed by atoms with Crippen LogP contribution in [0, 0.1) is 13.8 Å². The van der Waals surface area contributed by atoms with Crippen molar-refractivity contribution in [2.24, 2.45) is 0 Å². The number of ether oxygens (including phenoxy) is 1. The zero-order chi connectivity index (χ0) is 23.5. The van der Waals surface area contributed by atoms with Crippen molar-refractivity contribution in [2.75, 3.05) is 37.9 Å². The molecule has 2 aromatic carbocycles. The lowest BCUT2D eigenvalue weighted by Crippen LogP contribution is -2.39. The highest BCUT2D eigenvalue weighted by Crippen LogP contribution is 2.33. The first kappa shape index (κ1) is 23.0. The fourth-order valence-corrected chi connectivity index (χ4v) is 4.68. The van der Waals surface area contributed by atoms with Crippen LogP contribution < -0.4 is 11.1 Å². The van der Waals surface area contributed by atoms with Crippen molar-refractivity contribution in [3.05, 3.63) is 58.9 Å². The maximum absolute atomic E-state index is 12.1. The van der Waals surface area contributed by atoms with E-state index in [-0.39, 0.29) is 18.6 Å². The Morgan fingerprint density at radius 3 is 2.64 bits per heavy atom. The summed E-state index contributed by atoms with van der Waals surface area (Å²) in [6, 6.07) is 12.6. The summed E-state index contributed by atoms with van der Waals surface area (Å²) in [6.45, 7) is 7.75. The summed E-state index contributed by atoms with van der Waals surface area (Å²) >= 11 is 0. The van der Waals surface area contributed by atoms with Gasteiger partial charge in [-0.1, -0.05) is 12.1 Å². The van der Waals surface area contributed by atoms with Crippen LogP contribution in [0.25, 0.3) is 10.9 Å². The van der Waals surface area contributed by atoms with Crippen molar-refractivity contribution >= 4 is 28.3 Å². The number of hydrogen-bond acceptors (Lipinski definition) is 6. The number of fused-ring (bicyclic) bond motifs is 1. The number of amides is 1. The standard InChI is InChI=1S/C26H33N5O2/c1-16-11-21(13-22(27)12-16)17(2)28-26-23-14-20(5-6-24(23)29-18(3)30-26)19-7-9-31(10-8-19)25(32)15-33-4/h5-6,11-14,17,19H,7-10,15,27H2,1-4H3,(H,28,29,30)/t17-/m1/s1. The molecule has 7 nitrogen and oxygen atoms in total. The average Bonchev–Trinajstić information content (AvgIpc) is 2.78. The van der Waals surface area contributed by atoms with E-state index in [1.165, 1.54) is 5.56 Å². The maximum Gasteiger partial charge on any atom is 0.248 e. The Morgan fingerprint density at radius 2 is 1.94 bits per heavy atom. The van der Waals surface area contributed by atoms with Crippen LogP contribution in [-0.2, 0) is 9.53 Å². The number of nitrogen functional groups attached to an aromatic ring is 1. The number of carbonyl (C=O) groups is 1. The lowest BCUT2D eigenvalue weighted by Gasteiger charge is -2.32. The topological polar surface area (TPSA) is 93.4 Å². The average molecular weight is 448 g/mol. The van der Waals surface area contributed by atoms with Gasteiger partial charge in [-0.15, -0.1) is 0 Å². The zero-order valence-corrected chi connectivity index (χ0v) is 19.9. The van der Waals surface area contributed by atoms with E-state index in [0.29, 0.717) is 5.92 Å². The molecular formula is C26H33N5O2. The number of aromatic nitrogens is 2. The lowest BCUT2D eigenvalue weighted by molar-refractivity contribution is -0.136. The van der Waals surface area contributed by atoms with E-state index in [4.69, 9.17) is 15.5 Å². The number of nitrogens with one attached hydrogen (secondary N) is 1.